The number of sulfonamides is 1. The predicted octanol–water partition coefficient (Wildman–Crippen LogP) is 0.568. The van der Waals surface area contributed by atoms with Crippen LogP contribution in [0.5, 0.6) is 0 Å². The van der Waals surface area contributed by atoms with Gasteiger partial charge >= 0.3 is 0 Å². The van der Waals surface area contributed by atoms with Gasteiger partial charge < -0.3 is 10.6 Å². The van der Waals surface area contributed by atoms with Crippen molar-refractivity contribution in [1.29, 1.82) is 0 Å². The minimum absolute atomic E-state index is 0. The summed E-state index contributed by atoms with van der Waals surface area (Å²) in [6.07, 6.45) is 1.73. The SMILES string of the molecule is CC(C)C(N)CCN(C)C(=O)C(C)(C)NS(C)(=O)=O.Cl. The molecule has 3 N–H and O–H groups in total. The second kappa shape index (κ2) is 8.17. The molecule has 0 saturated heterocycles. The van der Waals surface area contributed by atoms with Gasteiger partial charge in [0.2, 0.25) is 15.9 Å². The standard InChI is InChI=1S/C12H27N3O3S.ClH/c1-9(2)10(13)7-8-15(5)11(16)12(3,4)14-19(6,17)18;/h9-10,14H,7-8,13H2,1-6H3;1H. The van der Waals surface area contributed by atoms with Crippen molar-refractivity contribution >= 4 is 28.3 Å². The molecule has 1 unspecified atom stereocenters. The summed E-state index contributed by atoms with van der Waals surface area (Å²) in [4.78, 5) is 13.7. The van der Waals surface area contributed by atoms with E-state index in [2.05, 4.69) is 4.72 Å². The molecule has 8 heteroatoms. The Balaban J connectivity index is 0. The first-order valence-electron chi connectivity index (χ1n) is 6.37. The molecule has 1 atom stereocenters. The number of nitrogens with two attached hydrogens (primary N) is 1. The highest BCUT2D eigenvalue weighted by molar-refractivity contribution is 7.88. The van der Waals surface area contributed by atoms with Crippen LogP contribution >= 0.6 is 12.4 Å². The van der Waals surface area contributed by atoms with Crippen molar-refractivity contribution < 1.29 is 13.2 Å². The normalized spacial score (nSPS) is 13.8. The molecule has 0 aliphatic rings. The summed E-state index contributed by atoms with van der Waals surface area (Å²) in [5.41, 5.74) is 4.78. The molecule has 0 radical (unpaired) electrons. The third-order valence-electron chi connectivity index (χ3n) is 2.98. The second-order valence-corrected chi connectivity index (χ2v) is 7.67. The van der Waals surface area contributed by atoms with E-state index >= 15 is 0 Å². The smallest absolute Gasteiger partial charge is 0.243 e. The zero-order chi connectivity index (χ0) is 15.4. The lowest BCUT2D eigenvalue weighted by Crippen LogP contribution is -2.55. The first-order chi connectivity index (χ1) is 8.37. The third kappa shape index (κ3) is 8.04. The van der Waals surface area contributed by atoms with Crippen LogP contribution in [-0.4, -0.2) is 50.7 Å². The molecule has 122 valence electrons. The molecule has 0 aliphatic carbocycles. The molecular weight excluding hydrogens is 302 g/mol. The van der Waals surface area contributed by atoms with Gasteiger partial charge in [-0.3, -0.25) is 4.79 Å². The highest BCUT2D eigenvalue weighted by Crippen LogP contribution is 2.10. The largest absolute Gasteiger partial charge is 0.344 e. The van der Waals surface area contributed by atoms with Crippen LogP contribution in [-0.2, 0) is 14.8 Å². The van der Waals surface area contributed by atoms with E-state index in [9.17, 15) is 13.2 Å². The number of rotatable bonds is 7. The predicted molar refractivity (Wildman–Crippen MR) is 84.4 cm³/mol. The fourth-order valence-corrected chi connectivity index (χ4v) is 2.78. The van der Waals surface area contributed by atoms with Crippen molar-refractivity contribution in [3.63, 3.8) is 0 Å². The average Bonchev–Trinajstić information content (AvgIpc) is 2.20. The van der Waals surface area contributed by atoms with Crippen molar-refractivity contribution in [3.8, 4) is 0 Å². The minimum atomic E-state index is -3.43. The molecule has 0 aromatic rings. The number of carbonyl (C=O) groups excluding carboxylic acids is 1. The summed E-state index contributed by atoms with van der Waals surface area (Å²) >= 11 is 0. The van der Waals surface area contributed by atoms with Crippen LogP contribution in [0.1, 0.15) is 34.1 Å². The van der Waals surface area contributed by atoms with E-state index in [0.29, 0.717) is 18.9 Å². The van der Waals surface area contributed by atoms with Gasteiger partial charge in [-0.15, -0.1) is 12.4 Å². The lowest BCUT2D eigenvalue weighted by Gasteiger charge is -2.30. The summed E-state index contributed by atoms with van der Waals surface area (Å²) in [5.74, 6) is 0.0829. The molecule has 0 rings (SSSR count). The van der Waals surface area contributed by atoms with Crippen LogP contribution in [0.15, 0.2) is 0 Å². The van der Waals surface area contributed by atoms with Crippen LogP contribution in [0, 0.1) is 5.92 Å². The number of carbonyl (C=O) groups is 1. The topological polar surface area (TPSA) is 92.5 Å². The van der Waals surface area contributed by atoms with E-state index < -0.39 is 15.6 Å². The molecule has 0 fully saturated rings. The Labute approximate surface area is 128 Å². The lowest BCUT2D eigenvalue weighted by molar-refractivity contribution is -0.135. The number of hydrogen-bond donors (Lipinski definition) is 2. The van der Waals surface area contributed by atoms with Gasteiger partial charge in [-0.25, -0.2) is 13.1 Å². The quantitative estimate of drug-likeness (QED) is 0.714. The summed E-state index contributed by atoms with van der Waals surface area (Å²) in [6, 6.07) is 0.0289. The average molecular weight is 330 g/mol. The van der Waals surface area contributed by atoms with Crippen LogP contribution in [0.3, 0.4) is 0 Å². The Morgan fingerprint density at radius 1 is 1.35 bits per heavy atom. The molecule has 0 aromatic carbocycles. The van der Waals surface area contributed by atoms with E-state index in [-0.39, 0.29) is 24.4 Å². The zero-order valence-electron chi connectivity index (χ0n) is 13.1. The molecule has 0 bridgehead atoms. The molecule has 0 spiro atoms. The Kier molecular flexibility index (Phi) is 8.95. The molecule has 6 nitrogen and oxygen atoms in total. The van der Waals surface area contributed by atoms with E-state index in [1.165, 1.54) is 4.90 Å². The maximum Gasteiger partial charge on any atom is 0.243 e. The van der Waals surface area contributed by atoms with Crippen molar-refractivity contribution in [2.45, 2.75) is 45.7 Å². The van der Waals surface area contributed by atoms with Crippen LogP contribution < -0.4 is 10.5 Å². The summed E-state index contributed by atoms with van der Waals surface area (Å²) in [5, 5.41) is 0. The number of halogens is 1. The van der Waals surface area contributed by atoms with Crippen molar-refractivity contribution in [1.82, 2.24) is 9.62 Å². The van der Waals surface area contributed by atoms with Crippen LogP contribution in [0.4, 0.5) is 0 Å². The van der Waals surface area contributed by atoms with E-state index in [4.69, 9.17) is 5.73 Å². The molecular formula is C12H28ClN3O3S. The molecule has 0 saturated carbocycles. The number of nitrogens with one attached hydrogen (secondary N) is 1. The Morgan fingerprint density at radius 2 is 1.80 bits per heavy atom. The number of nitrogens with zero attached hydrogens (tertiary/aromatic N) is 1. The highest BCUT2D eigenvalue weighted by atomic mass is 35.5. The Hall–Kier alpha value is -0.370. The maximum atomic E-state index is 12.2. The van der Waals surface area contributed by atoms with Gasteiger partial charge in [-0.05, 0) is 26.2 Å². The first-order valence-corrected chi connectivity index (χ1v) is 8.26. The minimum Gasteiger partial charge on any atom is -0.344 e. The fourth-order valence-electron chi connectivity index (χ4n) is 1.76. The van der Waals surface area contributed by atoms with E-state index in [1.54, 1.807) is 20.9 Å². The highest BCUT2D eigenvalue weighted by Gasteiger charge is 2.33. The lowest BCUT2D eigenvalue weighted by atomic mass is 10.0. The fraction of sp³-hybridized carbons (Fsp3) is 0.917. The van der Waals surface area contributed by atoms with Gasteiger partial charge in [0, 0.05) is 19.6 Å². The number of hydrogen-bond acceptors (Lipinski definition) is 4. The summed E-state index contributed by atoms with van der Waals surface area (Å²) < 4.78 is 24.8. The van der Waals surface area contributed by atoms with Gasteiger partial charge in [-0.2, -0.15) is 0 Å². The second-order valence-electron chi connectivity index (χ2n) is 5.92. The van der Waals surface area contributed by atoms with Crippen LogP contribution in [0.2, 0.25) is 0 Å². The first kappa shape index (κ1) is 21.9. The Morgan fingerprint density at radius 3 is 2.15 bits per heavy atom. The molecule has 0 heterocycles. The molecule has 0 aliphatic heterocycles. The van der Waals surface area contributed by atoms with Gasteiger partial charge in [0.15, 0.2) is 0 Å². The summed E-state index contributed by atoms with van der Waals surface area (Å²) in [7, 11) is -1.77. The van der Waals surface area contributed by atoms with E-state index in [0.717, 1.165) is 6.26 Å². The van der Waals surface area contributed by atoms with Crippen molar-refractivity contribution in [3.05, 3.63) is 0 Å². The van der Waals surface area contributed by atoms with E-state index in [1.807, 2.05) is 13.8 Å². The van der Waals surface area contributed by atoms with Gasteiger partial charge in [0.1, 0.15) is 5.54 Å². The van der Waals surface area contributed by atoms with Crippen LogP contribution in [0.25, 0.3) is 0 Å². The van der Waals surface area contributed by atoms with Gasteiger partial charge in [0.25, 0.3) is 0 Å². The van der Waals surface area contributed by atoms with Crippen molar-refractivity contribution in [2.24, 2.45) is 11.7 Å². The number of amides is 1. The van der Waals surface area contributed by atoms with Gasteiger partial charge in [-0.1, -0.05) is 13.8 Å². The molecule has 1 amide bonds. The monoisotopic (exact) mass is 329 g/mol. The Bertz CT molecular complexity index is 410. The number of likely N-dealkylation sites (N-methyl/N-ethyl adjacent to an activating group) is 1. The summed E-state index contributed by atoms with van der Waals surface area (Å²) in [6.45, 7) is 7.67. The molecule has 20 heavy (non-hydrogen) atoms. The van der Waals surface area contributed by atoms with Crippen molar-refractivity contribution in [2.75, 3.05) is 19.8 Å². The molecule has 0 aromatic heterocycles. The maximum absolute atomic E-state index is 12.2. The van der Waals surface area contributed by atoms with Gasteiger partial charge in [0.05, 0.1) is 6.26 Å². The third-order valence-corrected chi connectivity index (χ3v) is 3.86. The zero-order valence-corrected chi connectivity index (χ0v) is 14.8.